The number of nitrogens with zero attached hydrogens (tertiary/aromatic N) is 4. The number of urea groups is 1. The Labute approximate surface area is 139 Å². The van der Waals surface area contributed by atoms with Gasteiger partial charge in [-0.2, -0.15) is 5.10 Å². The van der Waals surface area contributed by atoms with Crippen molar-refractivity contribution >= 4 is 22.5 Å². The van der Waals surface area contributed by atoms with Gasteiger partial charge in [0, 0.05) is 17.8 Å². The molecule has 1 saturated heterocycles. The van der Waals surface area contributed by atoms with E-state index in [4.69, 9.17) is 0 Å². The van der Waals surface area contributed by atoms with E-state index in [-0.39, 0.29) is 12.1 Å². The minimum absolute atomic E-state index is 0.0604. The molecule has 2 aromatic rings. The summed E-state index contributed by atoms with van der Waals surface area (Å²) >= 11 is 1.39. The Kier molecular flexibility index (Phi) is 4.61. The Hall–Kier alpha value is -1.96. The fourth-order valence-corrected chi connectivity index (χ4v) is 3.79. The maximum Gasteiger partial charge on any atom is 0.324 e. The van der Waals surface area contributed by atoms with E-state index >= 15 is 0 Å². The fraction of sp³-hybridized carbons (Fsp3) is 0.600. The van der Waals surface area contributed by atoms with E-state index in [1.807, 2.05) is 25.7 Å². The molecule has 8 heteroatoms. The van der Waals surface area contributed by atoms with Gasteiger partial charge in [0.25, 0.3) is 0 Å². The third-order valence-electron chi connectivity index (χ3n) is 4.27. The third-order valence-corrected chi connectivity index (χ3v) is 5.03. The van der Waals surface area contributed by atoms with Crippen LogP contribution in [0.4, 0.5) is 9.93 Å². The van der Waals surface area contributed by atoms with E-state index in [1.165, 1.54) is 11.3 Å². The van der Waals surface area contributed by atoms with E-state index in [0.29, 0.717) is 5.13 Å². The van der Waals surface area contributed by atoms with Crippen LogP contribution in [0.15, 0.2) is 0 Å². The van der Waals surface area contributed by atoms with Crippen LogP contribution in [0, 0.1) is 20.8 Å². The lowest BCUT2D eigenvalue weighted by Gasteiger charge is -2.30. The standard InChI is InChI=1S/C15H22N6OS/c1-9-13(10(2)18-17-9)12-7-5-4-6-8-21(12)15(22)16-14-20-19-11(3)23-14/h12H,4-8H2,1-3H3,(H,17,18)(H,16,20,22)/t12-/m1/s1. The number of rotatable bonds is 2. The number of carbonyl (C=O) groups excluding carboxylic acids is 1. The van der Waals surface area contributed by atoms with Crippen LogP contribution < -0.4 is 5.32 Å². The van der Waals surface area contributed by atoms with Crippen LogP contribution in [0.2, 0.25) is 0 Å². The van der Waals surface area contributed by atoms with Crippen LogP contribution in [0.3, 0.4) is 0 Å². The highest BCUT2D eigenvalue weighted by molar-refractivity contribution is 7.15. The smallest absolute Gasteiger partial charge is 0.317 e. The first-order valence-corrected chi connectivity index (χ1v) is 8.77. The average molecular weight is 334 g/mol. The summed E-state index contributed by atoms with van der Waals surface area (Å²) in [7, 11) is 0. The summed E-state index contributed by atoms with van der Waals surface area (Å²) in [5.41, 5.74) is 3.16. The quantitative estimate of drug-likeness (QED) is 0.882. The number of aromatic amines is 1. The molecule has 1 fully saturated rings. The maximum atomic E-state index is 12.8. The Morgan fingerprint density at radius 1 is 1.26 bits per heavy atom. The summed E-state index contributed by atoms with van der Waals surface area (Å²) in [4.78, 5) is 14.7. The van der Waals surface area contributed by atoms with Gasteiger partial charge < -0.3 is 4.90 Å². The molecule has 2 amide bonds. The van der Waals surface area contributed by atoms with Gasteiger partial charge in [0.05, 0.1) is 11.7 Å². The summed E-state index contributed by atoms with van der Waals surface area (Å²) in [6.45, 7) is 6.64. The molecule has 0 aromatic carbocycles. The zero-order valence-corrected chi connectivity index (χ0v) is 14.5. The van der Waals surface area contributed by atoms with Crippen LogP contribution in [-0.2, 0) is 0 Å². The SMILES string of the molecule is Cc1nnc(NC(=O)N2CCCCC[C@@H]2c2c(C)n[nH]c2C)s1. The molecule has 3 rings (SSSR count). The van der Waals surface area contributed by atoms with Gasteiger partial charge in [0.2, 0.25) is 5.13 Å². The molecule has 1 aliphatic heterocycles. The van der Waals surface area contributed by atoms with Gasteiger partial charge in [-0.05, 0) is 33.6 Å². The lowest BCUT2D eigenvalue weighted by Crippen LogP contribution is -2.38. The second-order valence-electron chi connectivity index (χ2n) is 5.96. The number of nitrogens with one attached hydrogen (secondary N) is 2. The van der Waals surface area contributed by atoms with E-state index in [9.17, 15) is 4.79 Å². The number of anilines is 1. The van der Waals surface area contributed by atoms with Crippen molar-refractivity contribution in [3.05, 3.63) is 22.0 Å². The predicted octanol–water partition coefficient (Wildman–Crippen LogP) is 3.34. The lowest BCUT2D eigenvalue weighted by molar-refractivity contribution is 0.189. The van der Waals surface area contributed by atoms with Crippen LogP contribution in [0.25, 0.3) is 0 Å². The number of amides is 2. The van der Waals surface area contributed by atoms with Gasteiger partial charge >= 0.3 is 6.03 Å². The van der Waals surface area contributed by atoms with E-state index in [0.717, 1.165) is 54.2 Å². The normalized spacial score (nSPS) is 18.7. The van der Waals surface area contributed by atoms with Gasteiger partial charge in [0.1, 0.15) is 5.01 Å². The summed E-state index contributed by atoms with van der Waals surface area (Å²) in [5.74, 6) is 0. The summed E-state index contributed by atoms with van der Waals surface area (Å²) in [6, 6.07) is -0.0432. The molecule has 0 spiro atoms. The first kappa shape index (κ1) is 15.9. The van der Waals surface area contributed by atoms with E-state index < -0.39 is 0 Å². The second-order valence-corrected chi connectivity index (χ2v) is 7.14. The monoisotopic (exact) mass is 334 g/mol. The number of hydrogen-bond donors (Lipinski definition) is 2. The van der Waals surface area contributed by atoms with Gasteiger partial charge in [-0.3, -0.25) is 10.4 Å². The highest BCUT2D eigenvalue weighted by Crippen LogP contribution is 2.33. The number of hydrogen-bond acceptors (Lipinski definition) is 5. The largest absolute Gasteiger partial charge is 0.324 e. The van der Waals surface area contributed by atoms with E-state index in [2.05, 4.69) is 25.7 Å². The first-order chi connectivity index (χ1) is 11.1. The van der Waals surface area contributed by atoms with Gasteiger partial charge in [-0.25, -0.2) is 4.79 Å². The minimum Gasteiger partial charge on any atom is -0.317 e. The van der Waals surface area contributed by atoms with Crippen molar-refractivity contribution in [1.29, 1.82) is 0 Å². The summed E-state index contributed by atoms with van der Waals surface area (Å²) in [6.07, 6.45) is 4.25. The van der Waals surface area contributed by atoms with Crippen LogP contribution in [-0.4, -0.2) is 37.9 Å². The molecule has 124 valence electrons. The number of aromatic nitrogens is 4. The Balaban J connectivity index is 1.85. The van der Waals surface area contributed by atoms with Crippen molar-refractivity contribution in [2.75, 3.05) is 11.9 Å². The van der Waals surface area contributed by atoms with Crippen molar-refractivity contribution in [2.24, 2.45) is 0 Å². The molecule has 0 radical (unpaired) electrons. The molecule has 0 bridgehead atoms. The topological polar surface area (TPSA) is 86.8 Å². The average Bonchev–Trinajstić information content (AvgIpc) is 2.96. The number of likely N-dealkylation sites (tertiary alicyclic amines) is 1. The molecule has 0 unspecified atom stereocenters. The molecule has 3 heterocycles. The molecule has 0 aliphatic carbocycles. The Morgan fingerprint density at radius 3 is 2.74 bits per heavy atom. The zero-order valence-electron chi connectivity index (χ0n) is 13.7. The molecule has 1 atom stereocenters. The summed E-state index contributed by atoms with van der Waals surface area (Å²) < 4.78 is 0. The van der Waals surface area contributed by atoms with Crippen LogP contribution >= 0.6 is 11.3 Å². The minimum atomic E-state index is -0.104. The van der Waals surface area contributed by atoms with E-state index in [1.54, 1.807) is 0 Å². The van der Waals surface area contributed by atoms with Gasteiger partial charge in [-0.1, -0.05) is 24.2 Å². The molecule has 23 heavy (non-hydrogen) atoms. The molecule has 2 aromatic heterocycles. The van der Waals surface area contributed by atoms with Crippen LogP contribution in [0.5, 0.6) is 0 Å². The highest BCUT2D eigenvalue weighted by atomic mass is 32.1. The first-order valence-electron chi connectivity index (χ1n) is 7.95. The van der Waals surface area contributed by atoms with Crippen molar-refractivity contribution < 1.29 is 4.79 Å². The number of carbonyl (C=O) groups is 1. The van der Waals surface area contributed by atoms with Crippen LogP contribution in [0.1, 0.15) is 53.7 Å². The number of H-pyrrole nitrogens is 1. The second kappa shape index (κ2) is 6.66. The van der Waals surface area contributed by atoms with Gasteiger partial charge in [-0.15, -0.1) is 10.2 Å². The zero-order chi connectivity index (χ0) is 16.4. The molecular weight excluding hydrogens is 312 g/mol. The van der Waals surface area contributed by atoms with Crippen molar-refractivity contribution in [3.63, 3.8) is 0 Å². The molecule has 1 aliphatic rings. The highest BCUT2D eigenvalue weighted by Gasteiger charge is 2.30. The third kappa shape index (κ3) is 3.36. The molecule has 0 saturated carbocycles. The van der Waals surface area contributed by atoms with Crippen molar-refractivity contribution in [3.8, 4) is 0 Å². The molecular formula is C15H22N6OS. The Morgan fingerprint density at radius 2 is 2.09 bits per heavy atom. The predicted molar refractivity (Wildman–Crippen MR) is 89.6 cm³/mol. The number of aryl methyl sites for hydroxylation is 3. The van der Waals surface area contributed by atoms with Gasteiger partial charge in [0.15, 0.2) is 0 Å². The van der Waals surface area contributed by atoms with Crippen molar-refractivity contribution in [2.45, 2.75) is 52.5 Å². The lowest BCUT2D eigenvalue weighted by atomic mass is 9.99. The Bertz CT molecular complexity index is 674. The fourth-order valence-electron chi connectivity index (χ4n) is 3.21. The van der Waals surface area contributed by atoms with Crippen molar-refractivity contribution in [1.82, 2.24) is 25.3 Å². The molecule has 7 nitrogen and oxygen atoms in total. The maximum absolute atomic E-state index is 12.8. The summed E-state index contributed by atoms with van der Waals surface area (Å²) in [5, 5.41) is 19.6. The molecule has 2 N–H and O–H groups in total.